The van der Waals surface area contributed by atoms with E-state index < -0.39 is 0 Å². The Hall–Kier alpha value is -4.40. The van der Waals surface area contributed by atoms with Crippen molar-refractivity contribution in [3.05, 3.63) is 119 Å². The van der Waals surface area contributed by atoms with Crippen LogP contribution < -0.4 is 0 Å². The molecular formula is C29H19NO. The zero-order valence-electron chi connectivity index (χ0n) is 16.8. The second kappa shape index (κ2) is 9.40. The maximum absolute atomic E-state index is 10.8. The van der Waals surface area contributed by atoms with Crippen molar-refractivity contribution in [2.45, 2.75) is 0 Å². The van der Waals surface area contributed by atoms with Crippen LogP contribution in [0.4, 0.5) is 0 Å². The standard InChI is InChI=1S/C29H19NO/c30-20-29(19-24-9-7-23(8-10-24)6-5-22-3-1-2-4-22)28-17-15-27(16-18-28)26-13-11-25(21-31)12-14-26/h1-4,7-19,21-22H/b29-19+. The number of carbonyl (C=O) groups excluding carboxylic acids is 1. The van der Waals surface area contributed by atoms with E-state index in [0.717, 1.165) is 34.1 Å². The molecule has 0 saturated carbocycles. The van der Waals surface area contributed by atoms with Crippen LogP contribution in [0.15, 0.2) is 97.1 Å². The number of nitrogens with zero attached hydrogens (tertiary/aromatic N) is 1. The third-order valence-electron chi connectivity index (χ3n) is 5.05. The van der Waals surface area contributed by atoms with E-state index in [1.807, 2.05) is 78.9 Å². The molecule has 0 aromatic heterocycles. The molecule has 146 valence electrons. The van der Waals surface area contributed by atoms with E-state index >= 15 is 0 Å². The van der Waals surface area contributed by atoms with Gasteiger partial charge in [-0.1, -0.05) is 96.8 Å². The molecule has 0 heterocycles. The highest BCUT2D eigenvalue weighted by Crippen LogP contribution is 2.24. The van der Waals surface area contributed by atoms with Crippen molar-refractivity contribution in [2.75, 3.05) is 0 Å². The first kappa shape index (κ1) is 19.9. The summed E-state index contributed by atoms with van der Waals surface area (Å²) in [5.74, 6) is 6.59. The third-order valence-corrected chi connectivity index (χ3v) is 5.05. The van der Waals surface area contributed by atoms with E-state index in [-0.39, 0.29) is 5.92 Å². The highest BCUT2D eigenvalue weighted by molar-refractivity contribution is 5.90. The Bertz CT molecular complexity index is 1260. The average Bonchev–Trinajstić information content (AvgIpc) is 3.36. The third kappa shape index (κ3) is 4.96. The summed E-state index contributed by atoms with van der Waals surface area (Å²) < 4.78 is 0. The van der Waals surface area contributed by atoms with Crippen molar-refractivity contribution in [1.29, 1.82) is 5.26 Å². The van der Waals surface area contributed by atoms with Gasteiger partial charge in [-0.3, -0.25) is 4.79 Å². The van der Waals surface area contributed by atoms with E-state index in [9.17, 15) is 10.1 Å². The Kier molecular flexibility index (Phi) is 6.03. The number of benzene rings is 3. The first-order chi connectivity index (χ1) is 15.2. The monoisotopic (exact) mass is 397 g/mol. The second-order valence-electron chi connectivity index (χ2n) is 7.17. The first-order valence-electron chi connectivity index (χ1n) is 9.99. The maximum Gasteiger partial charge on any atom is 0.150 e. The molecule has 0 N–H and O–H groups in total. The number of aldehydes is 1. The van der Waals surface area contributed by atoms with E-state index in [1.54, 1.807) is 12.1 Å². The first-order valence-corrected chi connectivity index (χ1v) is 9.99. The van der Waals surface area contributed by atoms with Gasteiger partial charge in [0.15, 0.2) is 0 Å². The van der Waals surface area contributed by atoms with Crippen molar-refractivity contribution in [3.8, 4) is 29.0 Å². The Morgan fingerprint density at radius 2 is 1.35 bits per heavy atom. The lowest BCUT2D eigenvalue weighted by atomic mass is 9.99. The summed E-state index contributed by atoms with van der Waals surface area (Å²) >= 11 is 0. The number of allylic oxidation sites excluding steroid dienone is 5. The fourth-order valence-electron chi connectivity index (χ4n) is 3.30. The minimum Gasteiger partial charge on any atom is -0.298 e. The summed E-state index contributed by atoms with van der Waals surface area (Å²) in [5.41, 5.74) is 6.08. The van der Waals surface area contributed by atoms with Crippen molar-refractivity contribution in [1.82, 2.24) is 0 Å². The van der Waals surface area contributed by atoms with Crippen LogP contribution in [0.5, 0.6) is 0 Å². The summed E-state index contributed by atoms with van der Waals surface area (Å²) in [5, 5.41) is 9.66. The van der Waals surface area contributed by atoms with Crippen molar-refractivity contribution in [2.24, 2.45) is 5.92 Å². The van der Waals surface area contributed by atoms with Gasteiger partial charge >= 0.3 is 0 Å². The quantitative estimate of drug-likeness (QED) is 0.224. The Morgan fingerprint density at radius 3 is 1.94 bits per heavy atom. The summed E-state index contributed by atoms with van der Waals surface area (Å²) in [4.78, 5) is 10.8. The molecule has 0 unspecified atom stereocenters. The lowest BCUT2D eigenvalue weighted by molar-refractivity contribution is 0.112. The Balaban J connectivity index is 1.51. The zero-order chi connectivity index (χ0) is 21.5. The largest absolute Gasteiger partial charge is 0.298 e. The predicted octanol–water partition coefficient (Wildman–Crippen LogP) is 6.32. The predicted molar refractivity (Wildman–Crippen MR) is 126 cm³/mol. The minimum atomic E-state index is 0.190. The molecule has 3 aromatic rings. The molecule has 0 saturated heterocycles. The lowest BCUT2D eigenvalue weighted by Crippen LogP contribution is -1.85. The van der Waals surface area contributed by atoms with Gasteiger partial charge < -0.3 is 0 Å². The van der Waals surface area contributed by atoms with Crippen molar-refractivity contribution in [3.63, 3.8) is 0 Å². The SMILES string of the molecule is N#C/C(=C\c1ccc(C#CC2C=CC=C2)cc1)c1ccc(-c2ccc(C=O)cc2)cc1. The second-order valence-corrected chi connectivity index (χ2v) is 7.17. The molecule has 1 aliphatic carbocycles. The van der Waals surface area contributed by atoms with E-state index in [1.165, 1.54) is 0 Å². The maximum atomic E-state index is 10.8. The number of hydrogen-bond donors (Lipinski definition) is 0. The van der Waals surface area contributed by atoms with Gasteiger partial charge in [-0.15, -0.1) is 0 Å². The fourth-order valence-corrected chi connectivity index (χ4v) is 3.30. The number of rotatable bonds is 4. The highest BCUT2D eigenvalue weighted by atomic mass is 16.1. The van der Waals surface area contributed by atoms with Gasteiger partial charge in [-0.25, -0.2) is 0 Å². The van der Waals surface area contributed by atoms with Gasteiger partial charge in [-0.05, 0) is 40.5 Å². The molecule has 2 nitrogen and oxygen atoms in total. The van der Waals surface area contributed by atoms with Crippen LogP contribution >= 0.6 is 0 Å². The van der Waals surface area contributed by atoms with Crippen molar-refractivity contribution >= 4 is 17.9 Å². The molecule has 0 aliphatic heterocycles. The smallest absolute Gasteiger partial charge is 0.150 e. The van der Waals surface area contributed by atoms with Gasteiger partial charge in [0.05, 0.1) is 17.6 Å². The van der Waals surface area contributed by atoms with E-state index in [0.29, 0.717) is 11.1 Å². The topological polar surface area (TPSA) is 40.9 Å². The van der Waals surface area contributed by atoms with E-state index in [2.05, 4.69) is 30.1 Å². The molecule has 0 radical (unpaired) electrons. The van der Waals surface area contributed by atoms with Crippen LogP contribution in [0.3, 0.4) is 0 Å². The molecule has 4 rings (SSSR count). The summed E-state index contributed by atoms with van der Waals surface area (Å²) in [6.45, 7) is 0. The molecule has 0 atom stereocenters. The zero-order valence-corrected chi connectivity index (χ0v) is 16.8. The molecule has 2 heteroatoms. The fraction of sp³-hybridized carbons (Fsp3) is 0.0345. The molecule has 0 amide bonds. The molecule has 31 heavy (non-hydrogen) atoms. The number of hydrogen-bond acceptors (Lipinski definition) is 2. The molecule has 1 aliphatic rings. The number of carbonyl (C=O) groups is 1. The van der Waals surface area contributed by atoms with E-state index in [4.69, 9.17) is 0 Å². The summed E-state index contributed by atoms with van der Waals surface area (Å²) in [6.07, 6.45) is 10.9. The van der Waals surface area contributed by atoms with Crippen LogP contribution in [0.2, 0.25) is 0 Å². The van der Waals surface area contributed by atoms with Gasteiger partial charge in [0.1, 0.15) is 6.29 Å². The Morgan fingerprint density at radius 1 is 0.774 bits per heavy atom. The van der Waals surface area contributed by atoms with Gasteiger partial charge in [0.2, 0.25) is 0 Å². The minimum absolute atomic E-state index is 0.190. The average molecular weight is 397 g/mol. The van der Waals surface area contributed by atoms with Gasteiger partial charge in [-0.2, -0.15) is 5.26 Å². The molecule has 0 bridgehead atoms. The molecule has 0 fully saturated rings. The molecule has 0 spiro atoms. The van der Waals surface area contributed by atoms with Crippen LogP contribution in [0, 0.1) is 29.1 Å². The number of nitriles is 1. The van der Waals surface area contributed by atoms with Gasteiger partial charge in [0, 0.05) is 11.1 Å². The van der Waals surface area contributed by atoms with Crippen molar-refractivity contribution < 1.29 is 4.79 Å². The Labute approximate surface area is 182 Å². The summed E-state index contributed by atoms with van der Waals surface area (Å²) in [6, 6.07) is 25.5. The van der Waals surface area contributed by atoms with Gasteiger partial charge in [0.25, 0.3) is 0 Å². The lowest BCUT2D eigenvalue weighted by Gasteiger charge is -2.05. The summed E-state index contributed by atoms with van der Waals surface area (Å²) in [7, 11) is 0. The van der Waals surface area contributed by atoms with Crippen LogP contribution in [0.25, 0.3) is 22.8 Å². The normalized spacial score (nSPS) is 12.8. The van der Waals surface area contributed by atoms with Crippen LogP contribution in [-0.4, -0.2) is 6.29 Å². The van der Waals surface area contributed by atoms with Crippen LogP contribution in [-0.2, 0) is 0 Å². The molecule has 3 aromatic carbocycles. The highest BCUT2D eigenvalue weighted by Gasteiger charge is 2.04. The van der Waals surface area contributed by atoms with Crippen LogP contribution in [0.1, 0.15) is 27.0 Å². The molecular weight excluding hydrogens is 378 g/mol.